The van der Waals surface area contributed by atoms with Gasteiger partial charge in [-0.25, -0.2) is 13.2 Å². The highest BCUT2D eigenvalue weighted by atomic mass is 32.2. The first-order valence-corrected chi connectivity index (χ1v) is 19.4. The van der Waals surface area contributed by atoms with Crippen molar-refractivity contribution in [3.05, 3.63) is 88.1 Å². The first-order valence-electron chi connectivity index (χ1n) is 17.8. The van der Waals surface area contributed by atoms with E-state index in [9.17, 15) is 18.0 Å². The zero-order chi connectivity index (χ0) is 38.1. The zero-order valence-corrected chi connectivity index (χ0v) is 32.1. The molecule has 1 aliphatic heterocycles. The number of hydrogen-bond acceptors (Lipinski definition) is 8. The van der Waals surface area contributed by atoms with Gasteiger partial charge in [0.15, 0.2) is 15.8 Å². The zero-order valence-electron chi connectivity index (χ0n) is 31.3. The van der Waals surface area contributed by atoms with Crippen molar-refractivity contribution < 1.29 is 13.2 Å². The minimum absolute atomic E-state index is 0.0362. The van der Waals surface area contributed by atoms with Crippen molar-refractivity contribution in [2.45, 2.75) is 82.6 Å². The van der Waals surface area contributed by atoms with E-state index in [0.717, 1.165) is 42.7 Å². The van der Waals surface area contributed by atoms with Gasteiger partial charge < -0.3 is 32.4 Å². The number of amides is 1. The number of nitrogens with one attached hydrogen (secondary N) is 4. The molecule has 1 fully saturated rings. The van der Waals surface area contributed by atoms with Gasteiger partial charge in [-0.05, 0) is 85.8 Å². The number of aromatic nitrogens is 3. The van der Waals surface area contributed by atoms with Gasteiger partial charge in [-0.3, -0.25) is 14.4 Å². The molecule has 0 saturated carbocycles. The number of rotatable bonds is 12. The Kier molecular flexibility index (Phi) is 13.4. The van der Waals surface area contributed by atoms with E-state index in [2.05, 4.69) is 72.5 Å². The number of nitrogens with zero attached hydrogens (tertiary/aromatic N) is 3. The number of fused-ring (bicyclic) bond motifs is 1. The molecule has 52 heavy (non-hydrogen) atoms. The van der Waals surface area contributed by atoms with Gasteiger partial charge in [0.25, 0.3) is 5.91 Å². The van der Waals surface area contributed by atoms with Crippen LogP contribution in [-0.2, 0) is 20.7 Å². The summed E-state index contributed by atoms with van der Waals surface area (Å²) in [6.07, 6.45) is 4.17. The molecule has 1 aliphatic rings. The highest BCUT2D eigenvalue weighted by Gasteiger charge is 2.20. The number of nitrogens with two attached hydrogens (primary N) is 2. The lowest BCUT2D eigenvalue weighted by atomic mass is 9.87. The summed E-state index contributed by atoms with van der Waals surface area (Å²) in [4.78, 5) is 36.4. The molecule has 5 rings (SSSR count). The maximum Gasteiger partial charge on any atom is 0.354 e. The number of carbonyl (C=O) groups excluding carboxylic acids is 1. The molecule has 0 aliphatic carbocycles. The Labute approximate surface area is 307 Å². The molecule has 0 bridgehead atoms. The van der Waals surface area contributed by atoms with Crippen molar-refractivity contribution in [1.29, 1.82) is 0 Å². The Balaban J connectivity index is 0.000000244. The number of aliphatic imine (C=N–C) groups is 1. The van der Waals surface area contributed by atoms with E-state index in [-0.39, 0.29) is 34.1 Å². The Morgan fingerprint density at radius 1 is 0.981 bits per heavy atom. The quantitative estimate of drug-likeness (QED) is 0.0716. The lowest BCUT2D eigenvalue weighted by molar-refractivity contribution is 0.0953. The first kappa shape index (κ1) is 40.2. The molecule has 3 heterocycles. The third kappa shape index (κ3) is 11.5. The standard InChI is InChI=1S/C21H27N7O2.C17H28N2O2S/c1-21(2,3)16-11-14-12-28(20(30)27-17(14)26-16)15-7-5-13(6-8-15)18(29)24-9-4-10-25-19(22)23;1-17(2,3)14-5-7-16(8-6-14)22(20,21)12-4-10-19-15-9-11-18-13-15/h5-8,11-12H,4,9-10H2,1-3H3,(H,24,29)(H4,22,23,25)(H,26,27,30);5-8,15,18-19H,4,9-13H2,1-3H3. The van der Waals surface area contributed by atoms with Crippen LogP contribution in [0.15, 0.2) is 75.5 Å². The minimum Gasteiger partial charge on any atom is -0.370 e. The first-order chi connectivity index (χ1) is 24.4. The monoisotopic (exact) mass is 733 g/mol. The van der Waals surface area contributed by atoms with E-state index in [4.69, 9.17) is 11.5 Å². The molecule has 1 unspecified atom stereocenters. The number of sulfone groups is 1. The summed E-state index contributed by atoms with van der Waals surface area (Å²) in [5, 5.41) is 10.4. The maximum atomic E-state index is 12.5. The van der Waals surface area contributed by atoms with Crippen molar-refractivity contribution in [3.8, 4) is 5.69 Å². The molecule has 0 spiro atoms. The van der Waals surface area contributed by atoms with E-state index >= 15 is 0 Å². The Morgan fingerprint density at radius 2 is 1.67 bits per heavy atom. The summed E-state index contributed by atoms with van der Waals surface area (Å²) in [5.74, 6) is 0.0383. The summed E-state index contributed by atoms with van der Waals surface area (Å²) >= 11 is 0. The Morgan fingerprint density at radius 3 is 2.27 bits per heavy atom. The van der Waals surface area contributed by atoms with Crippen LogP contribution in [0, 0.1) is 0 Å². The largest absolute Gasteiger partial charge is 0.370 e. The molecular weight excluding hydrogens is 679 g/mol. The topological polar surface area (TPSA) is 202 Å². The number of benzene rings is 2. The number of carbonyl (C=O) groups is 1. The second kappa shape index (κ2) is 17.3. The third-order valence-electron chi connectivity index (χ3n) is 8.80. The van der Waals surface area contributed by atoms with Crippen molar-refractivity contribution in [2.75, 3.05) is 38.5 Å². The van der Waals surface area contributed by atoms with Crippen LogP contribution in [0.25, 0.3) is 16.7 Å². The number of hydrogen-bond donors (Lipinski definition) is 6. The molecule has 8 N–H and O–H groups in total. The van der Waals surface area contributed by atoms with E-state index in [1.165, 1.54) is 4.57 Å². The van der Waals surface area contributed by atoms with Gasteiger partial charge in [-0.2, -0.15) is 4.98 Å². The fourth-order valence-electron chi connectivity index (χ4n) is 5.63. The molecule has 14 heteroatoms. The molecule has 1 amide bonds. The lowest BCUT2D eigenvalue weighted by Gasteiger charge is -2.19. The van der Waals surface area contributed by atoms with E-state index < -0.39 is 9.84 Å². The summed E-state index contributed by atoms with van der Waals surface area (Å²) in [6.45, 7) is 16.4. The molecule has 2 aromatic heterocycles. The van der Waals surface area contributed by atoms with Gasteiger partial charge in [-0.1, -0.05) is 53.7 Å². The molecular formula is C38H55N9O4S. The van der Waals surface area contributed by atoms with E-state index in [1.54, 1.807) is 42.6 Å². The summed E-state index contributed by atoms with van der Waals surface area (Å²) in [5.41, 5.74) is 14.0. The van der Waals surface area contributed by atoms with Crippen LogP contribution in [0.3, 0.4) is 0 Å². The van der Waals surface area contributed by atoms with Crippen molar-refractivity contribution >= 4 is 32.7 Å². The van der Waals surface area contributed by atoms with Gasteiger partial charge in [0.05, 0.1) is 16.3 Å². The SMILES string of the molecule is CC(C)(C)c1cc2cn(-c3ccc(C(=O)NCCCN=C(N)N)cc3)c(=O)nc2[nH]1.CC(C)(C)c1ccc(S(=O)(=O)CCCNC2CCNC2)cc1. The lowest BCUT2D eigenvalue weighted by Crippen LogP contribution is -2.32. The average Bonchev–Trinajstić information content (AvgIpc) is 3.76. The van der Waals surface area contributed by atoms with Crippen LogP contribution in [0.2, 0.25) is 0 Å². The minimum atomic E-state index is -3.17. The number of guanidine groups is 1. The molecule has 4 aromatic rings. The third-order valence-corrected chi connectivity index (χ3v) is 10.6. The number of H-pyrrole nitrogens is 1. The second-order valence-corrected chi connectivity index (χ2v) is 17.3. The van der Waals surface area contributed by atoms with Crippen LogP contribution < -0.4 is 33.1 Å². The number of aromatic amines is 1. The van der Waals surface area contributed by atoms with E-state index in [0.29, 0.717) is 53.8 Å². The van der Waals surface area contributed by atoms with E-state index in [1.807, 2.05) is 18.2 Å². The molecule has 2 aromatic carbocycles. The maximum absolute atomic E-state index is 12.5. The highest BCUT2D eigenvalue weighted by Crippen LogP contribution is 2.25. The molecule has 1 atom stereocenters. The summed E-state index contributed by atoms with van der Waals surface area (Å²) in [7, 11) is -3.17. The summed E-state index contributed by atoms with van der Waals surface area (Å²) < 4.78 is 26.2. The fourth-order valence-corrected chi connectivity index (χ4v) is 6.94. The smallest absolute Gasteiger partial charge is 0.354 e. The Bertz CT molecular complexity index is 1980. The molecule has 0 radical (unpaired) electrons. The highest BCUT2D eigenvalue weighted by molar-refractivity contribution is 7.91. The molecule has 13 nitrogen and oxygen atoms in total. The predicted molar refractivity (Wildman–Crippen MR) is 209 cm³/mol. The van der Waals surface area contributed by atoms with Crippen LogP contribution >= 0.6 is 0 Å². The second-order valence-electron chi connectivity index (χ2n) is 15.2. The van der Waals surface area contributed by atoms with Gasteiger partial charge in [0, 0.05) is 53.9 Å². The molecule has 282 valence electrons. The molecule has 1 saturated heterocycles. The van der Waals surface area contributed by atoms with Crippen LogP contribution in [-0.4, -0.2) is 79.3 Å². The Hall–Kier alpha value is -4.53. The normalized spacial score (nSPS) is 14.8. The van der Waals surface area contributed by atoms with Crippen molar-refractivity contribution in [1.82, 2.24) is 30.5 Å². The van der Waals surface area contributed by atoms with Gasteiger partial charge in [0.1, 0.15) is 5.65 Å². The average molecular weight is 734 g/mol. The summed E-state index contributed by atoms with van der Waals surface area (Å²) in [6, 6.07) is 16.6. The fraction of sp³-hybridized carbons (Fsp3) is 0.474. The van der Waals surface area contributed by atoms with Crippen LogP contribution in [0.1, 0.15) is 82.4 Å². The van der Waals surface area contributed by atoms with Gasteiger partial charge in [-0.15, -0.1) is 0 Å². The predicted octanol–water partition coefficient (Wildman–Crippen LogP) is 3.50. The van der Waals surface area contributed by atoms with Crippen molar-refractivity contribution in [2.24, 2.45) is 16.5 Å². The van der Waals surface area contributed by atoms with Gasteiger partial charge >= 0.3 is 5.69 Å². The van der Waals surface area contributed by atoms with Crippen molar-refractivity contribution in [3.63, 3.8) is 0 Å². The van der Waals surface area contributed by atoms with Gasteiger partial charge in [0.2, 0.25) is 0 Å². The van der Waals surface area contributed by atoms with Crippen LogP contribution in [0.4, 0.5) is 0 Å². The van der Waals surface area contributed by atoms with Crippen LogP contribution in [0.5, 0.6) is 0 Å².